The minimum Gasteiger partial charge on any atom is -0.384 e. The van der Waals surface area contributed by atoms with Gasteiger partial charge in [-0.05, 0) is 31.9 Å². The Morgan fingerprint density at radius 1 is 1.35 bits per heavy atom. The number of aromatic nitrogens is 1. The minimum absolute atomic E-state index is 0.00231. The van der Waals surface area contributed by atoms with Crippen LogP contribution in [-0.2, 0) is 22.6 Å². The fraction of sp³-hybridized carbons (Fsp3) is 0.333. The van der Waals surface area contributed by atoms with Gasteiger partial charge in [-0.3, -0.25) is 9.78 Å². The number of carbonyl (C=O) groups is 1. The predicted molar refractivity (Wildman–Crippen MR) is 89.0 cm³/mol. The van der Waals surface area contributed by atoms with E-state index in [9.17, 15) is 18.7 Å². The Bertz CT molecular complexity index is 876. The van der Waals surface area contributed by atoms with Crippen LogP contribution >= 0.6 is 11.6 Å². The molecule has 4 nitrogen and oxygen atoms in total. The Hall–Kier alpha value is -2.12. The van der Waals surface area contributed by atoms with Crippen molar-refractivity contribution in [1.29, 1.82) is 0 Å². The molecule has 138 valence electrons. The van der Waals surface area contributed by atoms with E-state index in [0.717, 1.165) is 12.1 Å². The zero-order valence-electron chi connectivity index (χ0n) is 13.8. The quantitative estimate of drug-likeness (QED) is 0.796. The lowest BCUT2D eigenvalue weighted by atomic mass is 9.75. The summed E-state index contributed by atoms with van der Waals surface area (Å²) in [6, 6.07) is 4.96. The molecule has 1 aliphatic rings. The summed E-state index contributed by atoms with van der Waals surface area (Å²) in [5.41, 5.74) is -3.75. The molecule has 2 aromatic rings. The molecule has 26 heavy (non-hydrogen) atoms. The number of carbonyl (C=O) groups excluding carboxylic acids is 1. The van der Waals surface area contributed by atoms with Crippen molar-refractivity contribution in [2.45, 2.75) is 37.6 Å². The van der Waals surface area contributed by atoms with Gasteiger partial charge in [0.25, 0.3) is 5.91 Å². The number of aliphatic hydroxyl groups is 1. The number of rotatable bonds is 3. The van der Waals surface area contributed by atoms with Crippen molar-refractivity contribution in [3.8, 4) is 0 Å². The van der Waals surface area contributed by atoms with Crippen LogP contribution in [0.1, 0.15) is 36.6 Å². The summed E-state index contributed by atoms with van der Waals surface area (Å²) in [5, 5.41) is 12.0. The molecule has 0 unspecified atom stereocenters. The van der Waals surface area contributed by atoms with Crippen LogP contribution < -0.4 is 5.32 Å². The normalized spacial score (nSPS) is 24.8. The van der Waals surface area contributed by atoms with Crippen LogP contribution in [0.2, 0.25) is 5.02 Å². The molecule has 2 N–H and O–H groups in total. The van der Waals surface area contributed by atoms with Gasteiger partial charge in [-0.1, -0.05) is 23.7 Å². The molecule has 1 amide bonds. The number of nitrogens with one attached hydrogen (secondary N) is 1. The SMILES string of the molecule is C[C@]1(O)CC[C@@](F)(C(=O)NCc2ccc(F)c(Cl)c2F)c2cccnc21. The number of pyridine rings is 1. The highest BCUT2D eigenvalue weighted by Crippen LogP contribution is 2.45. The Labute approximate surface area is 153 Å². The summed E-state index contributed by atoms with van der Waals surface area (Å²) in [6.07, 6.45) is 1.15. The van der Waals surface area contributed by atoms with Crippen LogP contribution in [0.3, 0.4) is 0 Å². The Morgan fingerprint density at radius 2 is 2.08 bits per heavy atom. The van der Waals surface area contributed by atoms with Gasteiger partial charge in [0.2, 0.25) is 5.67 Å². The second kappa shape index (κ2) is 6.55. The highest BCUT2D eigenvalue weighted by Gasteiger charge is 2.50. The third-order valence-electron chi connectivity index (χ3n) is 4.62. The molecular formula is C18H16ClF3N2O2. The molecule has 1 aromatic heterocycles. The lowest BCUT2D eigenvalue weighted by Crippen LogP contribution is -2.47. The fourth-order valence-electron chi connectivity index (χ4n) is 3.08. The lowest BCUT2D eigenvalue weighted by molar-refractivity contribution is -0.136. The van der Waals surface area contributed by atoms with Crippen molar-refractivity contribution in [2.24, 2.45) is 0 Å². The number of hydrogen-bond donors (Lipinski definition) is 2. The van der Waals surface area contributed by atoms with E-state index >= 15 is 4.39 Å². The first-order valence-corrected chi connectivity index (χ1v) is 8.32. The molecule has 2 atom stereocenters. The summed E-state index contributed by atoms with van der Waals surface area (Å²) < 4.78 is 42.6. The predicted octanol–water partition coefficient (Wildman–Crippen LogP) is 3.50. The van der Waals surface area contributed by atoms with Crippen LogP contribution in [0.25, 0.3) is 0 Å². The average Bonchev–Trinajstić information content (AvgIpc) is 2.62. The highest BCUT2D eigenvalue weighted by molar-refractivity contribution is 6.30. The van der Waals surface area contributed by atoms with E-state index in [1.54, 1.807) is 0 Å². The van der Waals surface area contributed by atoms with Crippen LogP contribution in [-0.4, -0.2) is 16.0 Å². The molecule has 0 saturated heterocycles. The zero-order valence-corrected chi connectivity index (χ0v) is 14.6. The van der Waals surface area contributed by atoms with Gasteiger partial charge in [0.1, 0.15) is 22.3 Å². The molecule has 8 heteroatoms. The number of benzene rings is 1. The van der Waals surface area contributed by atoms with Crippen LogP contribution in [0.15, 0.2) is 30.5 Å². The van der Waals surface area contributed by atoms with Gasteiger partial charge < -0.3 is 10.4 Å². The molecule has 1 heterocycles. The average molecular weight is 385 g/mol. The van der Waals surface area contributed by atoms with Crippen molar-refractivity contribution < 1.29 is 23.1 Å². The van der Waals surface area contributed by atoms with Gasteiger partial charge in [0, 0.05) is 23.9 Å². The molecule has 0 saturated carbocycles. The van der Waals surface area contributed by atoms with E-state index in [1.165, 1.54) is 25.3 Å². The molecule has 0 aliphatic heterocycles. The highest BCUT2D eigenvalue weighted by atomic mass is 35.5. The first-order valence-electron chi connectivity index (χ1n) is 7.95. The number of fused-ring (bicyclic) bond motifs is 1. The van der Waals surface area contributed by atoms with E-state index in [4.69, 9.17) is 11.6 Å². The molecule has 0 spiro atoms. The van der Waals surface area contributed by atoms with Crippen LogP contribution in [0.5, 0.6) is 0 Å². The van der Waals surface area contributed by atoms with Crippen molar-refractivity contribution in [3.63, 3.8) is 0 Å². The van der Waals surface area contributed by atoms with Crippen molar-refractivity contribution >= 4 is 17.5 Å². The number of halogens is 4. The van der Waals surface area contributed by atoms with Gasteiger partial charge >= 0.3 is 0 Å². The summed E-state index contributed by atoms with van der Waals surface area (Å²) in [4.78, 5) is 16.5. The van der Waals surface area contributed by atoms with Gasteiger partial charge in [-0.15, -0.1) is 0 Å². The minimum atomic E-state index is -2.41. The molecule has 1 aromatic carbocycles. The molecule has 0 bridgehead atoms. The smallest absolute Gasteiger partial charge is 0.262 e. The number of alkyl halides is 1. The van der Waals surface area contributed by atoms with Gasteiger partial charge in [0.15, 0.2) is 0 Å². The molecule has 0 radical (unpaired) electrons. The maximum atomic E-state index is 15.5. The molecule has 0 fully saturated rings. The second-order valence-corrected chi connectivity index (χ2v) is 6.87. The maximum Gasteiger partial charge on any atom is 0.262 e. The Kier molecular flexibility index (Phi) is 4.71. The first kappa shape index (κ1) is 18.7. The Morgan fingerprint density at radius 3 is 2.81 bits per heavy atom. The fourth-order valence-corrected chi connectivity index (χ4v) is 3.26. The summed E-state index contributed by atoms with van der Waals surface area (Å²) in [6.45, 7) is 1.15. The van der Waals surface area contributed by atoms with Gasteiger partial charge in [-0.2, -0.15) is 0 Å². The monoisotopic (exact) mass is 384 g/mol. The van der Waals surface area contributed by atoms with Gasteiger partial charge in [0.05, 0.1) is 5.69 Å². The van der Waals surface area contributed by atoms with Gasteiger partial charge in [-0.25, -0.2) is 13.2 Å². The number of hydrogen-bond acceptors (Lipinski definition) is 3. The largest absolute Gasteiger partial charge is 0.384 e. The van der Waals surface area contributed by atoms with E-state index < -0.39 is 33.8 Å². The third-order valence-corrected chi connectivity index (χ3v) is 4.96. The summed E-state index contributed by atoms with van der Waals surface area (Å²) in [7, 11) is 0. The molecule has 1 aliphatic carbocycles. The van der Waals surface area contributed by atoms with Crippen molar-refractivity contribution in [2.75, 3.05) is 0 Å². The first-order chi connectivity index (χ1) is 12.2. The Balaban J connectivity index is 1.85. The lowest BCUT2D eigenvalue weighted by Gasteiger charge is -2.37. The molecular weight excluding hydrogens is 369 g/mol. The van der Waals surface area contributed by atoms with Crippen molar-refractivity contribution in [3.05, 3.63) is 63.9 Å². The van der Waals surface area contributed by atoms with E-state index in [0.29, 0.717) is 0 Å². The van der Waals surface area contributed by atoms with Crippen LogP contribution in [0, 0.1) is 11.6 Å². The maximum absolute atomic E-state index is 15.5. The number of amides is 1. The van der Waals surface area contributed by atoms with Crippen molar-refractivity contribution in [1.82, 2.24) is 10.3 Å². The summed E-state index contributed by atoms with van der Waals surface area (Å²) >= 11 is 5.50. The second-order valence-electron chi connectivity index (χ2n) is 6.49. The summed E-state index contributed by atoms with van der Waals surface area (Å²) in [5.74, 6) is -2.91. The number of nitrogens with zero attached hydrogens (tertiary/aromatic N) is 1. The van der Waals surface area contributed by atoms with E-state index in [2.05, 4.69) is 10.3 Å². The van der Waals surface area contributed by atoms with Crippen LogP contribution in [0.4, 0.5) is 13.2 Å². The van der Waals surface area contributed by atoms with E-state index in [1.807, 2.05) is 0 Å². The standard InChI is InChI=1S/C18H16ClF3N2O2/c1-17(26)6-7-18(22,11-3-2-8-23-15(11)17)16(25)24-9-10-4-5-12(20)13(19)14(10)21/h2-5,8,26H,6-7,9H2,1H3,(H,24,25)/t17-,18-/m0/s1. The zero-order chi connectivity index (χ0) is 19.1. The third kappa shape index (κ3) is 3.05. The topological polar surface area (TPSA) is 62.2 Å². The van der Waals surface area contributed by atoms with E-state index in [-0.39, 0.29) is 36.2 Å². The molecule has 3 rings (SSSR count).